The molecule has 0 aliphatic rings. The topological polar surface area (TPSA) is 98.7 Å². The molecule has 0 aliphatic carbocycles. The van der Waals surface area contributed by atoms with Gasteiger partial charge in [-0.2, -0.15) is 9.78 Å². The maximum absolute atomic E-state index is 11.8. The third kappa shape index (κ3) is 3.00. The summed E-state index contributed by atoms with van der Waals surface area (Å²) in [6.45, 7) is 5.67. The zero-order valence-corrected chi connectivity index (χ0v) is 11.7. The fraction of sp³-hybridized carbons (Fsp3) is 0.385. The Morgan fingerprint density at radius 2 is 1.95 bits per heavy atom. The number of nitrogens with one attached hydrogen (secondary N) is 1. The second-order valence-electron chi connectivity index (χ2n) is 4.85. The Morgan fingerprint density at radius 1 is 1.30 bits per heavy atom. The number of nitrogens with zero attached hydrogens (tertiary/aromatic N) is 4. The lowest BCUT2D eigenvalue weighted by atomic mass is 10.1. The van der Waals surface area contributed by atoms with E-state index in [0.29, 0.717) is 11.8 Å². The number of carbonyl (C=O) groups is 1. The van der Waals surface area contributed by atoms with Crippen LogP contribution in [0.15, 0.2) is 24.5 Å². The number of hydrogen-bond acceptors (Lipinski definition) is 5. The molecule has 2 heterocycles. The van der Waals surface area contributed by atoms with E-state index < -0.39 is 6.04 Å². The average molecular weight is 274 g/mol. The summed E-state index contributed by atoms with van der Waals surface area (Å²) in [5, 5.41) is 7.17. The predicted molar refractivity (Wildman–Crippen MR) is 75.5 cm³/mol. The standard InChI is InChI=1S/C13H18N6O/c1-8(2)10-7-11(17-12(20)9(3)14)19(18-10)13-15-5-4-6-16-13/h4-9H,14H2,1-3H3,(H,17,20)/t9-/m0/s1. The molecule has 0 saturated carbocycles. The van der Waals surface area contributed by atoms with E-state index in [1.165, 1.54) is 4.68 Å². The minimum atomic E-state index is -0.599. The smallest absolute Gasteiger partial charge is 0.252 e. The molecule has 0 saturated heterocycles. The van der Waals surface area contributed by atoms with Crippen molar-refractivity contribution in [3.8, 4) is 5.95 Å². The van der Waals surface area contributed by atoms with Gasteiger partial charge in [-0.05, 0) is 18.9 Å². The number of nitrogens with two attached hydrogens (primary N) is 1. The molecule has 1 amide bonds. The van der Waals surface area contributed by atoms with Crippen LogP contribution >= 0.6 is 0 Å². The molecule has 7 nitrogen and oxygen atoms in total. The van der Waals surface area contributed by atoms with Crippen molar-refractivity contribution in [1.82, 2.24) is 19.7 Å². The summed E-state index contributed by atoms with van der Waals surface area (Å²) in [4.78, 5) is 20.0. The Balaban J connectivity index is 2.41. The lowest BCUT2D eigenvalue weighted by Crippen LogP contribution is -2.33. The van der Waals surface area contributed by atoms with Crippen LogP contribution in [0.1, 0.15) is 32.4 Å². The van der Waals surface area contributed by atoms with Crippen LogP contribution in [0.3, 0.4) is 0 Å². The molecule has 106 valence electrons. The van der Waals surface area contributed by atoms with E-state index in [-0.39, 0.29) is 11.8 Å². The van der Waals surface area contributed by atoms with Crippen LogP contribution in [0, 0.1) is 0 Å². The minimum absolute atomic E-state index is 0.228. The Kier molecular flexibility index (Phi) is 4.09. The number of rotatable bonds is 4. The predicted octanol–water partition coefficient (Wildman–Crippen LogP) is 1.07. The Bertz CT molecular complexity index is 590. The van der Waals surface area contributed by atoms with Crippen molar-refractivity contribution < 1.29 is 4.79 Å². The van der Waals surface area contributed by atoms with E-state index in [2.05, 4.69) is 20.4 Å². The van der Waals surface area contributed by atoms with Gasteiger partial charge in [0.2, 0.25) is 5.91 Å². The molecule has 0 aliphatic heterocycles. The molecule has 2 rings (SSSR count). The van der Waals surface area contributed by atoms with Gasteiger partial charge in [0.05, 0.1) is 11.7 Å². The number of anilines is 1. The first-order chi connectivity index (χ1) is 9.49. The second kappa shape index (κ2) is 5.79. The molecule has 0 radical (unpaired) electrons. The third-order valence-corrected chi connectivity index (χ3v) is 2.73. The largest absolute Gasteiger partial charge is 0.320 e. The van der Waals surface area contributed by atoms with Gasteiger partial charge >= 0.3 is 0 Å². The van der Waals surface area contributed by atoms with Gasteiger partial charge in [0, 0.05) is 18.5 Å². The van der Waals surface area contributed by atoms with E-state index in [4.69, 9.17) is 5.73 Å². The van der Waals surface area contributed by atoms with Gasteiger partial charge in [-0.15, -0.1) is 0 Å². The average Bonchev–Trinajstić information content (AvgIpc) is 2.83. The number of carbonyl (C=O) groups excluding carboxylic acids is 1. The maximum Gasteiger partial charge on any atom is 0.252 e. The quantitative estimate of drug-likeness (QED) is 0.869. The summed E-state index contributed by atoms with van der Waals surface area (Å²) < 4.78 is 1.51. The summed E-state index contributed by atoms with van der Waals surface area (Å²) in [6.07, 6.45) is 3.24. The van der Waals surface area contributed by atoms with E-state index in [9.17, 15) is 4.79 Å². The molecule has 20 heavy (non-hydrogen) atoms. The maximum atomic E-state index is 11.8. The van der Waals surface area contributed by atoms with Crippen molar-refractivity contribution in [2.24, 2.45) is 5.73 Å². The fourth-order valence-corrected chi connectivity index (χ4v) is 1.56. The van der Waals surface area contributed by atoms with Crippen LogP contribution in [-0.2, 0) is 4.79 Å². The minimum Gasteiger partial charge on any atom is -0.320 e. The number of aromatic nitrogens is 4. The molecular weight excluding hydrogens is 256 g/mol. The van der Waals surface area contributed by atoms with Gasteiger partial charge in [-0.25, -0.2) is 9.97 Å². The molecule has 2 aromatic heterocycles. The molecule has 0 spiro atoms. The van der Waals surface area contributed by atoms with Crippen LogP contribution in [0.25, 0.3) is 5.95 Å². The SMILES string of the molecule is CC(C)c1cc(NC(=O)[C@H](C)N)n(-c2ncccn2)n1. The van der Waals surface area contributed by atoms with Gasteiger partial charge in [0.25, 0.3) is 5.95 Å². The Morgan fingerprint density at radius 3 is 2.50 bits per heavy atom. The first-order valence-corrected chi connectivity index (χ1v) is 6.43. The first-order valence-electron chi connectivity index (χ1n) is 6.43. The lowest BCUT2D eigenvalue weighted by molar-refractivity contribution is -0.117. The summed E-state index contributed by atoms with van der Waals surface area (Å²) in [5.41, 5.74) is 6.41. The van der Waals surface area contributed by atoms with Crippen molar-refractivity contribution in [2.45, 2.75) is 32.7 Å². The van der Waals surface area contributed by atoms with Gasteiger partial charge in [0.1, 0.15) is 5.82 Å². The van der Waals surface area contributed by atoms with Crippen molar-refractivity contribution in [3.05, 3.63) is 30.2 Å². The Labute approximate surface area is 117 Å². The van der Waals surface area contributed by atoms with Crippen LogP contribution in [0.5, 0.6) is 0 Å². The van der Waals surface area contributed by atoms with Crippen LogP contribution in [0.2, 0.25) is 0 Å². The highest BCUT2D eigenvalue weighted by molar-refractivity contribution is 5.93. The van der Waals surface area contributed by atoms with Crippen LogP contribution < -0.4 is 11.1 Å². The fourth-order valence-electron chi connectivity index (χ4n) is 1.56. The van der Waals surface area contributed by atoms with E-state index in [1.54, 1.807) is 31.5 Å². The van der Waals surface area contributed by atoms with Crippen LogP contribution in [0.4, 0.5) is 5.82 Å². The monoisotopic (exact) mass is 274 g/mol. The van der Waals surface area contributed by atoms with E-state index >= 15 is 0 Å². The zero-order chi connectivity index (χ0) is 14.7. The van der Waals surface area contributed by atoms with Crippen molar-refractivity contribution in [2.75, 3.05) is 5.32 Å². The van der Waals surface area contributed by atoms with Crippen molar-refractivity contribution in [1.29, 1.82) is 0 Å². The molecule has 7 heteroatoms. The molecular formula is C13H18N6O. The summed E-state index contributed by atoms with van der Waals surface area (Å²) in [5.74, 6) is 0.866. The summed E-state index contributed by atoms with van der Waals surface area (Å²) >= 11 is 0. The van der Waals surface area contributed by atoms with Gasteiger partial charge in [-0.1, -0.05) is 13.8 Å². The summed E-state index contributed by atoms with van der Waals surface area (Å²) in [7, 11) is 0. The van der Waals surface area contributed by atoms with Gasteiger partial charge < -0.3 is 11.1 Å². The highest BCUT2D eigenvalue weighted by Crippen LogP contribution is 2.20. The van der Waals surface area contributed by atoms with Gasteiger partial charge in [0.15, 0.2) is 0 Å². The van der Waals surface area contributed by atoms with Crippen molar-refractivity contribution >= 4 is 11.7 Å². The number of hydrogen-bond donors (Lipinski definition) is 2. The third-order valence-electron chi connectivity index (χ3n) is 2.73. The highest BCUT2D eigenvalue weighted by atomic mass is 16.2. The lowest BCUT2D eigenvalue weighted by Gasteiger charge is -2.08. The molecule has 1 atom stereocenters. The van der Waals surface area contributed by atoms with E-state index in [1.807, 2.05) is 13.8 Å². The molecule has 0 fully saturated rings. The zero-order valence-electron chi connectivity index (χ0n) is 11.7. The molecule has 2 aromatic rings. The molecule has 3 N–H and O–H groups in total. The highest BCUT2D eigenvalue weighted by Gasteiger charge is 2.17. The first kappa shape index (κ1) is 14.1. The van der Waals surface area contributed by atoms with Crippen LogP contribution in [-0.4, -0.2) is 31.7 Å². The van der Waals surface area contributed by atoms with Gasteiger partial charge in [-0.3, -0.25) is 4.79 Å². The summed E-state index contributed by atoms with van der Waals surface area (Å²) in [6, 6.07) is 2.93. The normalized spacial score (nSPS) is 12.4. The van der Waals surface area contributed by atoms with E-state index in [0.717, 1.165) is 5.69 Å². The number of amides is 1. The molecule has 0 bridgehead atoms. The molecule has 0 unspecified atom stereocenters. The van der Waals surface area contributed by atoms with Crippen molar-refractivity contribution in [3.63, 3.8) is 0 Å². The Hall–Kier alpha value is -2.28. The molecule has 0 aromatic carbocycles. The second-order valence-corrected chi connectivity index (χ2v) is 4.85.